The van der Waals surface area contributed by atoms with Crippen molar-refractivity contribution in [2.45, 2.75) is 92.1 Å². The van der Waals surface area contributed by atoms with Crippen LogP contribution in [0.1, 0.15) is 78.1 Å². The maximum absolute atomic E-state index is 14.1. The van der Waals surface area contributed by atoms with Crippen LogP contribution in [0.5, 0.6) is 5.75 Å². The summed E-state index contributed by atoms with van der Waals surface area (Å²) < 4.78 is 11.8. The summed E-state index contributed by atoms with van der Waals surface area (Å²) in [7, 11) is 0. The SMILES string of the molecule is CCN(CCN(C(C)C)C(C)C)C(=O)C1c2ccc(OCc3ccccc3)cc2CCN1C(=O)OC(C)(C)C. The third-order valence-electron chi connectivity index (χ3n) is 7.10. The molecule has 214 valence electrons. The van der Waals surface area contributed by atoms with Gasteiger partial charge in [0.25, 0.3) is 0 Å². The van der Waals surface area contributed by atoms with E-state index in [1.807, 2.05) is 81.1 Å². The minimum Gasteiger partial charge on any atom is -0.489 e. The molecular weight excluding hydrogens is 490 g/mol. The highest BCUT2D eigenvalue weighted by Crippen LogP contribution is 2.35. The van der Waals surface area contributed by atoms with Gasteiger partial charge in [0.2, 0.25) is 5.91 Å². The molecule has 0 bridgehead atoms. The summed E-state index contributed by atoms with van der Waals surface area (Å²) in [6, 6.07) is 15.9. The lowest BCUT2D eigenvalue weighted by Crippen LogP contribution is -2.51. The van der Waals surface area contributed by atoms with Gasteiger partial charge >= 0.3 is 6.09 Å². The molecule has 0 saturated heterocycles. The van der Waals surface area contributed by atoms with E-state index in [-0.39, 0.29) is 5.91 Å². The molecule has 1 heterocycles. The molecule has 1 aliphatic heterocycles. The minimum atomic E-state index is -0.738. The molecule has 1 aliphatic rings. The molecule has 1 atom stereocenters. The van der Waals surface area contributed by atoms with E-state index < -0.39 is 17.7 Å². The Hall–Kier alpha value is -3.06. The number of carbonyl (C=O) groups is 2. The largest absolute Gasteiger partial charge is 0.489 e. The Morgan fingerprint density at radius 2 is 1.67 bits per heavy atom. The van der Waals surface area contributed by atoms with E-state index in [0.29, 0.717) is 44.7 Å². The maximum atomic E-state index is 14.1. The Morgan fingerprint density at radius 1 is 1.00 bits per heavy atom. The highest BCUT2D eigenvalue weighted by Gasteiger charge is 2.40. The average molecular weight is 538 g/mol. The smallest absolute Gasteiger partial charge is 0.411 e. The molecule has 39 heavy (non-hydrogen) atoms. The third kappa shape index (κ3) is 8.21. The van der Waals surface area contributed by atoms with E-state index in [1.54, 1.807) is 4.90 Å². The van der Waals surface area contributed by atoms with Crippen LogP contribution in [0.25, 0.3) is 0 Å². The molecule has 0 N–H and O–H groups in total. The predicted molar refractivity (Wildman–Crippen MR) is 156 cm³/mol. The Morgan fingerprint density at radius 3 is 2.26 bits per heavy atom. The summed E-state index contributed by atoms with van der Waals surface area (Å²) in [4.78, 5) is 33.3. The van der Waals surface area contributed by atoms with Crippen LogP contribution in [0.4, 0.5) is 4.79 Å². The Balaban J connectivity index is 1.88. The van der Waals surface area contributed by atoms with Gasteiger partial charge in [-0.05, 0) is 90.6 Å². The van der Waals surface area contributed by atoms with Crippen molar-refractivity contribution in [2.75, 3.05) is 26.2 Å². The van der Waals surface area contributed by atoms with Gasteiger partial charge in [0.05, 0.1) is 0 Å². The van der Waals surface area contributed by atoms with Gasteiger partial charge < -0.3 is 14.4 Å². The summed E-state index contributed by atoms with van der Waals surface area (Å²) in [5.74, 6) is 0.682. The van der Waals surface area contributed by atoms with Crippen LogP contribution in [-0.4, -0.2) is 70.6 Å². The van der Waals surface area contributed by atoms with Gasteiger partial charge in [-0.1, -0.05) is 36.4 Å². The second-order valence-electron chi connectivity index (χ2n) is 11.8. The van der Waals surface area contributed by atoms with Gasteiger partial charge in [-0.2, -0.15) is 0 Å². The fourth-order valence-electron chi connectivity index (χ4n) is 5.16. The first-order chi connectivity index (χ1) is 18.4. The van der Waals surface area contributed by atoms with Crippen LogP contribution in [0.3, 0.4) is 0 Å². The van der Waals surface area contributed by atoms with Crippen molar-refractivity contribution in [2.24, 2.45) is 0 Å². The number of ether oxygens (including phenoxy) is 2. The maximum Gasteiger partial charge on any atom is 0.411 e. The first kappa shape index (κ1) is 30.5. The molecule has 0 aliphatic carbocycles. The zero-order valence-electron chi connectivity index (χ0n) is 25.1. The monoisotopic (exact) mass is 537 g/mol. The Bertz CT molecular complexity index is 1090. The lowest BCUT2D eigenvalue weighted by atomic mass is 9.91. The number of amides is 2. The number of fused-ring (bicyclic) bond motifs is 1. The van der Waals surface area contributed by atoms with Gasteiger partial charge in [0, 0.05) is 38.3 Å². The fraction of sp³-hybridized carbons (Fsp3) is 0.562. The van der Waals surface area contributed by atoms with E-state index in [2.05, 4.69) is 32.6 Å². The van der Waals surface area contributed by atoms with Crippen molar-refractivity contribution >= 4 is 12.0 Å². The van der Waals surface area contributed by atoms with Crippen LogP contribution in [0, 0.1) is 0 Å². The predicted octanol–water partition coefficient (Wildman–Crippen LogP) is 6.07. The molecule has 2 aromatic rings. The minimum absolute atomic E-state index is 0.0743. The number of carbonyl (C=O) groups excluding carboxylic acids is 2. The number of benzene rings is 2. The molecule has 1 unspecified atom stereocenters. The topological polar surface area (TPSA) is 62.3 Å². The number of hydrogen-bond acceptors (Lipinski definition) is 5. The molecule has 3 rings (SSSR count). The first-order valence-corrected chi connectivity index (χ1v) is 14.2. The highest BCUT2D eigenvalue weighted by molar-refractivity contribution is 5.88. The normalized spacial score (nSPS) is 15.5. The molecule has 2 amide bonds. The van der Waals surface area contributed by atoms with Gasteiger partial charge in [-0.25, -0.2) is 4.79 Å². The van der Waals surface area contributed by atoms with E-state index >= 15 is 0 Å². The van der Waals surface area contributed by atoms with Crippen LogP contribution in [-0.2, 0) is 22.6 Å². The zero-order valence-corrected chi connectivity index (χ0v) is 25.1. The summed E-state index contributed by atoms with van der Waals surface area (Å²) in [6.07, 6.45) is 0.166. The second-order valence-corrected chi connectivity index (χ2v) is 11.8. The van der Waals surface area contributed by atoms with Crippen LogP contribution >= 0.6 is 0 Å². The molecule has 0 saturated carbocycles. The lowest BCUT2D eigenvalue weighted by Gasteiger charge is -2.40. The number of likely N-dealkylation sites (N-methyl/N-ethyl adjacent to an activating group) is 1. The standard InChI is InChI=1S/C32H47N3O4/c1-9-33(19-20-34(23(2)3)24(4)5)30(36)29-28-16-15-27(38-22-25-13-11-10-12-14-25)21-26(28)17-18-35(29)31(37)39-32(6,7)8/h10-16,21,23-24,29H,9,17-20,22H2,1-8H3. The number of rotatable bonds is 10. The zero-order chi connectivity index (χ0) is 28.7. The molecule has 0 radical (unpaired) electrons. The van der Waals surface area contributed by atoms with Gasteiger partial charge in [0.1, 0.15) is 24.0 Å². The lowest BCUT2D eigenvalue weighted by molar-refractivity contribution is -0.137. The van der Waals surface area contributed by atoms with Crippen molar-refractivity contribution < 1.29 is 19.1 Å². The molecule has 0 fully saturated rings. The second kappa shape index (κ2) is 13.3. The molecule has 7 nitrogen and oxygen atoms in total. The number of hydrogen-bond donors (Lipinski definition) is 0. The molecular formula is C32H47N3O4. The Kier molecular flexibility index (Phi) is 10.4. The molecule has 7 heteroatoms. The molecule has 2 aromatic carbocycles. The van der Waals surface area contributed by atoms with E-state index in [9.17, 15) is 9.59 Å². The third-order valence-corrected chi connectivity index (χ3v) is 7.10. The average Bonchev–Trinajstić information content (AvgIpc) is 2.88. The van der Waals surface area contributed by atoms with Crippen LogP contribution in [0.2, 0.25) is 0 Å². The molecule has 0 spiro atoms. The quantitative estimate of drug-likeness (QED) is 0.368. The summed E-state index contributed by atoms with van der Waals surface area (Å²) in [5, 5.41) is 0. The van der Waals surface area contributed by atoms with E-state index in [0.717, 1.165) is 29.0 Å². The summed E-state index contributed by atoms with van der Waals surface area (Å²) >= 11 is 0. The van der Waals surface area contributed by atoms with E-state index in [4.69, 9.17) is 9.47 Å². The van der Waals surface area contributed by atoms with Gasteiger partial charge in [-0.3, -0.25) is 14.6 Å². The van der Waals surface area contributed by atoms with Crippen LogP contribution in [0.15, 0.2) is 48.5 Å². The summed E-state index contributed by atoms with van der Waals surface area (Å²) in [6.45, 7) is 19.1. The molecule has 0 aromatic heterocycles. The highest BCUT2D eigenvalue weighted by atomic mass is 16.6. The van der Waals surface area contributed by atoms with E-state index in [1.165, 1.54) is 0 Å². The van der Waals surface area contributed by atoms with Gasteiger partial charge in [0.15, 0.2) is 0 Å². The number of nitrogens with zero attached hydrogens (tertiary/aromatic N) is 3. The first-order valence-electron chi connectivity index (χ1n) is 14.2. The van der Waals surface area contributed by atoms with Crippen molar-refractivity contribution in [1.29, 1.82) is 0 Å². The van der Waals surface area contributed by atoms with Crippen molar-refractivity contribution in [3.8, 4) is 5.75 Å². The van der Waals surface area contributed by atoms with Crippen molar-refractivity contribution in [1.82, 2.24) is 14.7 Å². The van der Waals surface area contributed by atoms with Crippen molar-refractivity contribution in [3.05, 3.63) is 65.2 Å². The summed E-state index contributed by atoms with van der Waals surface area (Å²) in [5.41, 5.74) is 2.31. The van der Waals surface area contributed by atoms with Crippen molar-refractivity contribution in [3.63, 3.8) is 0 Å². The van der Waals surface area contributed by atoms with Gasteiger partial charge in [-0.15, -0.1) is 0 Å². The Labute approximate surface area is 235 Å². The van der Waals surface area contributed by atoms with Crippen LogP contribution < -0.4 is 4.74 Å². The fourth-order valence-corrected chi connectivity index (χ4v) is 5.16.